The maximum absolute atomic E-state index is 12.8. The van der Waals surface area contributed by atoms with Crippen LogP contribution < -0.4 is 16.6 Å². The highest BCUT2D eigenvalue weighted by Gasteiger charge is 2.19. The second-order valence-electron chi connectivity index (χ2n) is 6.41. The first kappa shape index (κ1) is 21.4. The molecule has 9 nitrogen and oxygen atoms in total. The summed E-state index contributed by atoms with van der Waals surface area (Å²) in [6, 6.07) is 5.21. The van der Waals surface area contributed by atoms with Crippen molar-refractivity contribution < 1.29 is 9.84 Å². The lowest BCUT2D eigenvalue weighted by molar-refractivity contribution is 0.0991. The normalized spacial score (nSPS) is 11.3. The van der Waals surface area contributed by atoms with E-state index in [4.69, 9.17) is 33.0 Å². The Morgan fingerprint density at radius 2 is 1.90 bits per heavy atom. The molecule has 11 heteroatoms. The number of hydrogen-bond donors (Lipinski definition) is 2. The van der Waals surface area contributed by atoms with Crippen molar-refractivity contribution >= 4 is 40.3 Å². The fourth-order valence-corrected chi connectivity index (χ4v) is 3.28. The number of benzene rings is 1. The van der Waals surface area contributed by atoms with Crippen LogP contribution in [0.1, 0.15) is 5.56 Å². The number of ether oxygens (including phenoxy) is 1. The molecule has 2 heterocycles. The average molecular weight is 442 g/mol. The summed E-state index contributed by atoms with van der Waals surface area (Å²) in [5, 5.41) is 12.8. The first-order valence-corrected chi connectivity index (χ1v) is 9.63. The Hall–Kier alpha value is -2.33. The lowest BCUT2D eigenvalue weighted by Crippen LogP contribution is -2.37. The van der Waals surface area contributed by atoms with Gasteiger partial charge in [-0.2, -0.15) is 4.98 Å². The minimum absolute atomic E-state index is 0.0615. The fraction of sp³-hybridized carbons (Fsp3) is 0.389. The second kappa shape index (κ2) is 9.00. The van der Waals surface area contributed by atoms with Crippen LogP contribution in [0, 0.1) is 0 Å². The Kier molecular flexibility index (Phi) is 6.63. The molecule has 3 rings (SSSR count). The van der Waals surface area contributed by atoms with Crippen molar-refractivity contribution in [3.8, 4) is 0 Å². The summed E-state index contributed by atoms with van der Waals surface area (Å²) in [6.07, 6.45) is 0. The molecule has 29 heavy (non-hydrogen) atoms. The van der Waals surface area contributed by atoms with Crippen LogP contribution in [0.25, 0.3) is 11.2 Å². The van der Waals surface area contributed by atoms with E-state index < -0.39 is 11.2 Å². The summed E-state index contributed by atoms with van der Waals surface area (Å²) in [5.41, 5.74) is 0.477. The highest BCUT2D eigenvalue weighted by Crippen LogP contribution is 2.24. The highest BCUT2D eigenvalue weighted by molar-refractivity contribution is 6.42. The summed E-state index contributed by atoms with van der Waals surface area (Å²) >= 11 is 12.1. The number of nitrogens with one attached hydrogen (secondary N) is 1. The van der Waals surface area contributed by atoms with Gasteiger partial charge in [0.05, 0.1) is 36.4 Å². The largest absolute Gasteiger partial charge is 0.394 e. The fourth-order valence-electron chi connectivity index (χ4n) is 2.96. The van der Waals surface area contributed by atoms with Crippen LogP contribution in [0.5, 0.6) is 0 Å². The van der Waals surface area contributed by atoms with Gasteiger partial charge in [-0.1, -0.05) is 29.3 Å². The number of imidazole rings is 1. The Morgan fingerprint density at radius 3 is 2.59 bits per heavy atom. The van der Waals surface area contributed by atoms with Gasteiger partial charge >= 0.3 is 5.69 Å². The standard InChI is InChI=1S/C18H21Cl2N5O4/c1-23-15-14(16(27)24(2)18(23)28)25(10-11-3-4-12(19)13(20)9-11)17(22-15)21-5-7-29-8-6-26/h3-4,9,26H,5-8,10H2,1-2H3,(H,21,22). The smallest absolute Gasteiger partial charge is 0.332 e. The lowest BCUT2D eigenvalue weighted by Gasteiger charge is -2.12. The van der Waals surface area contributed by atoms with E-state index >= 15 is 0 Å². The highest BCUT2D eigenvalue weighted by atomic mass is 35.5. The van der Waals surface area contributed by atoms with Crippen LogP contribution in [-0.4, -0.2) is 50.2 Å². The molecule has 0 aliphatic rings. The third-order valence-corrected chi connectivity index (χ3v) is 5.18. The summed E-state index contributed by atoms with van der Waals surface area (Å²) in [7, 11) is 2.99. The van der Waals surface area contributed by atoms with Crippen molar-refractivity contribution in [1.29, 1.82) is 0 Å². The zero-order valence-corrected chi connectivity index (χ0v) is 17.5. The molecule has 0 amide bonds. The van der Waals surface area contributed by atoms with Gasteiger partial charge in [0.25, 0.3) is 5.56 Å². The van der Waals surface area contributed by atoms with Gasteiger partial charge in [0.15, 0.2) is 11.2 Å². The van der Waals surface area contributed by atoms with Crippen LogP contribution >= 0.6 is 23.2 Å². The van der Waals surface area contributed by atoms with Gasteiger partial charge in [0, 0.05) is 20.6 Å². The van der Waals surface area contributed by atoms with Crippen molar-refractivity contribution in [2.45, 2.75) is 6.54 Å². The number of rotatable bonds is 8. The maximum atomic E-state index is 12.8. The first-order valence-electron chi connectivity index (χ1n) is 8.87. The van der Waals surface area contributed by atoms with Crippen LogP contribution in [0.3, 0.4) is 0 Å². The van der Waals surface area contributed by atoms with Gasteiger partial charge in [0.1, 0.15) is 0 Å². The van der Waals surface area contributed by atoms with E-state index in [-0.39, 0.29) is 18.9 Å². The molecule has 2 aromatic heterocycles. The van der Waals surface area contributed by atoms with Crippen LogP contribution in [-0.2, 0) is 25.4 Å². The van der Waals surface area contributed by atoms with E-state index in [1.165, 1.54) is 11.6 Å². The van der Waals surface area contributed by atoms with Crippen molar-refractivity contribution in [2.75, 3.05) is 31.7 Å². The second-order valence-corrected chi connectivity index (χ2v) is 7.23. The molecule has 156 valence electrons. The summed E-state index contributed by atoms with van der Waals surface area (Å²) in [4.78, 5) is 29.6. The number of fused-ring (bicyclic) bond motifs is 1. The monoisotopic (exact) mass is 441 g/mol. The van der Waals surface area contributed by atoms with Gasteiger partial charge in [-0.3, -0.25) is 18.5 Å². The zero-order chi connectivity index (χ0) is 21.1. The molecule has 0 unspecified atom stereocenters. The quantitative estimate of drug-likeness (QED) is 0.509. The number of hydrogen-bond acceptors (Lipinski definition) is 6. The molecule has 3 aromatic rings. The lowest BCUT2D eigenvalue weighted by atomic mass is 10.2. The number of halogens is 2. The maximum Gasteiger partial charge on any atom is 0.332 e. The van der Waals surface area contributed by atoms with Crippen molar-refractivity contribution in [3.63, 3.8) is 0 Å². The molecule has 0 saturated carbocycles. The van der Waals surface area contributed by atoms with E-state index in [1.807, 2.05) is 0 Å². The van der Waals surface area contributed by atoms with E-state index in [2.05, 4.69) is 10.3 Å². The molecule has 0 fully saturated rings. The summed E-state index contributed by atoms with van der Waals surface area (Å²) < 4.78 is 9.32. The molecule has 1 aromatic carbocycles. The minimum Gasteiger partial charge on any atom is -0.394 e. The van der Waals surface area contributed by atoms with Gasteiger partial charge in [-0.05, 0) is 17.7 Å². The Morgan fingerprint density at radius 1 is 1.14 bits per heavy atom. The van der Waals surface area contributed by atoms with Crippen molar-refractivity contribution in [1.82, 2.24) is 18.7 Å². The number of aromatic nitrogens is 4. The van der Waals surface area contributed by atoms with Crippen molar-refractivity contribution in [3.05, 3.63) is 54.6 Å². The molecular formula is C18H21Cl2N5O4. The SMILES string of the molecule is Cn1c(=O)c2c(nc(NCCOCCO)n2Cc2ccc(Cl)c(Cl)c2)n(C)c1=O. The summed E-state index contributed by atoms with van der Waals surface area (Å²) in [5.74, 6) is 0.414. The molecule has 2 N–H and O–H groups in total. The molecule has 0 aliphatic carbocycles. The molecular weight excluding hydrogens is 421 g/mol. The van der Waals surface area contributed by atoms with Gasteiger partial charge in [0.2, 0.25) is 5.95 Å². The van der Waals surface area contributed by atoms with Crippen LogP contribution in [0.15, 0.2) is 27.8 Å². The van der Waals surface area contributed by atoms with E-state index in [0.29, 0.717) is 41.2 Å². The molecule has 0 aliphatic heterocycles. The number of aliphatic hydroxyl groups excluding tert-OH is 1. The first-order chi connectivity index (χ1) is 13.8. The molecule has 0 saturated heterocycles. The minimum atomic E-state index is -0.459. The van der Waals surface area contributed by atoms with Gasteiger partial charge < -0.3 is 15.2 Å². The molecule has 0 radical (unpaired) electrons. The Bertz CT molecular complexity index is 1150. The molecule has 0 spiro atoms. The Balaban J connectivity index is 2.07. The number of aryl methyl sites for hydroxylation is 1. The predicted octanol–water partition coefficient (Wildman–Crippen LogP) is 1.21. The predicted molar refractivity (Wildman–Crippen MR) is 112 cm³/mol. The zero-order valence-electron chi connectivity index (χ0n) is 16.0. The van der Waals surface area contributed by atoms with Crippen LogP contribution in [0.2, 0.25) is 10.0 Å². The average Bonchev–Trinajstić information content (AvgIpc) is 3.05. The van der Waals surface area contributed by atoms with Crippen molar-refractivity contribution in [2.24, 2.45) is 14.1 Å². The van der Waals surface area contributed by atoms with Crippen LogP contribution in [0.4, 0.5) is 5.95 Å². The van der Waals surface area contributed by atoms with E-state index in [0.717, 1.165) is 10.1 Å². The number of aliphatic hydroxyl groups is 1. The van der Waals surface area contributed by atoms with E-state index in [1.54, 1.807) is 29.8 Å². The molecule has 0 atom stereocenters. The van der Waals surface area contributed by atoms with Gasteiger partial charge in [-0.15, -0.1) is 0 Å². The number of anilines is 1. The third kappa shape index (κ3) is 4.32. The summed E-state index contributed by atoms with van der Waals surface area (Å²) in [6.45, 7) is 1.21. The van der Waals surface area contributed by atoms with E-state index in [9.17, 15) is 9.59 Å². The van der Waals surface area contributed by atoms with Gasteiger partial charge in [-0.25, -0.2) is 4.79 Å². The molecule has 0 bridgehead atoms. The third-order valence-electron chi connectivity index (χ3n) is 4.44. The Labute approximate surface area is 176 Å². The number of nitrogens with zero attached hydrogens (tertiary/aromatic N) is 4. The topological polar surface area (TPSA) is 103 Å².